The van der Waals surface area contributed by atoms with Crippen molar-refractivity contribution in [1.29, 1.82) is 0 Å². The molecule has 3 aromatic carbocycles. The Morgan fingerprint density at radius 1 is 0.871 bits per heavy atom. The Kier molecular flexibility index (Phi) is 5.00. The molecule has 2 aliphatic heterocycles. The first-order valence-corrected chi connectivity index (χ1v) is 10.7. The summed E-state index contributed by atoms with van der Waals surface area (Å²) in [4.78, 5) is 34.1. The van der Waals surface area contributed by atoms with Crippen molar-refractivity contribution in [3.8, 4) is 5.75 Å². The number of halogens is 1. The number of hydroxylamine groups is 1. The van der Waals surface area contributed by atoms with Crippen LogP contribution in [0.2, 0.25) is 0 Å². The third-order valence-electron chi connectivity index (χ3n) is 5.65. The smallest absolute Gasteiger partial charge is 0.266 e. The monoisotopic (exact) mass is 478 g/mol. The Morgan fingerprint density at radius 3 is 2.26 bits per heavy atom. The van der Waals surface area contributed by atoms with Crippen LogP contribution < -0.4 is 14.7 Å². The third-order valence-corrected chi connectivity index (χ3v) is 6.14. The summed E-state index contributed by atoms with van der Waals surface area (Å²) in [6.07, 6.45) is -0.890. The van der Waals surface area contributed by atoms with Crippen molar-refractivity contribution in [2.45, 2.75) is 12.1 Å². The van der Waals surface area contributed by atoms with E-state index in [1.165, 1.54) is 4.90 Å². The van der Waals surface area contributed by atoms with Crippen LogP contribution >= 0.6 is 15.9 Å². The second-order valence-electron chi connectivity index (χ2n) is 7.42. The van der Waals surface area contributed by atoms with Gasteiger partial charge in [0.05, 0.1) is 24.5 Å². The van der Waals surface area contributed by atoms with Crippen LogP contribution in [0.5, 0.6) is 5.75 Å². The summed E-state index contributed by atoms with van der Waals surface area (Å²) in [5, 5.41) is 1.68. The molecule has 2 amide bonds. The molecule has 0 aromatic heterocycles. The van der Waals surface area contributed by atoms with E-state index in [1.807, 2.05) is 54.6 Å². The standard InChI is InChI=1S/C24H19BrN2O4/c1-30-19-12-10-15(11-13-19)21-20-22(31-27(21)18-9-5-6-16(25)14-18)24(29)26(23(20)28)17-7-3-2-4-8-17/h2-14,20-22H,1H3. The van der Waals surface area contributed by atoms with Gasteiger partial charge in [-0.05, 0) is 48.0 Å². The number of carbonyl (C=O) groups excluding carboxylic acids is 2. The van der Waals surface area contributed by atoms with E-state index in [9.17, 15) is 9.59 Å². The molecule has 156 valence electrons. The second-order valence-corrected chi connectivity index (χ2v) is 8.34. The van der Waals surface area contributed by atoms with Crippen LogP contribution in [-0.4, -0.2) is 25.0 Å². The molecule has 0 saturated carbocycles. The lowest BCUT2D eigenvalue weighted by Gasteiger charge is -2.29. The zero-order valence-electron chi connectivity index (χ0n) is 16.6. The maximum atomic E-state index is 13.5. The van der Waals surface area contributed by atoms with Gasteiger partial charge in [0, 0.05) is 4.47 Å². The summed E-state index contributed by atoms with van der Waals surface area (Å²) in [5.74, 6) is -0.565. The fourth-order valence-electron chi connectivity index (χ4n) is 4.22. The zero-order chi connectivity index (χ0) is 21.5. The highest BCUT2D eigenvalue weighted by Crippen LogP contribution is 2.48. The molecule has 3 atom stereocenters. The number of anilines is 2. The first-order valence-electron chi connectivity index (χ1n) is 9.87. The minimum Gasteiger partial charge on any atom is -0.497 e. The van der Waals surface area contributed by atoms with Gasteiger partial charge in [-0.25, -0.2) is 9.96 Å². The summed E-state index contributed by atoms with van der Waals surface area (Å²) in [5.41, 5.74) is 2.18. The van der Waals surface area contributed by atoms with Crippen LogP contribution in [0.1, 0.15) is 11.6 Å². The Bertz CT molecular complexity index is 1140. The minimum absolute atomic E-state index is 0.264. The number of ether oxygens (including phenoxy) is 1. The summed E-state index contributed by atoms with van der Waals surface area (Å²) < 4.78 is 6.16. The number of fused-ring (bicyclic) bond motifs is 1. The number of methoxy groups -OCH3 is 1. The molecule has 2 fully saturated rings. The van der Waals surface area contributed by atoms with Gasteiger partial charge in [0.2, 0.25) is 5.91 Å². The number of hydrogen-bond donors (Lipinski definition) is 0. The lowest BCUT2D eigenvalue weighted by molar-refractivity contribution is -0.126. The number of para-hydroxylation sites is 1. The molecule has 3 unspecified atom stereocenters. The largest absolute Gasteiger partial charge is 0.497 e. The molecular weight excluding hydrogens is 460 g/mol. The fraction of sp³-hybridized carbons (Fsp3) is 0.167. The molecule has 0 bridgehead atoms. The topological polar surface area (TPSA) is 59.1 Å². The molecule has 0 radical (unpaired) electrons. The van der Waals surface area contributed by atoms with E-state index in [-0.39, 0.29) is 11.8 Å². The van der Waals surface area contributed by atoms with E-state index >= 15 is 0 Å². The zero-order valence-corrected chi connectivity index (χ0v) is 18.2. The SMILES string of the molecule is COc1ccc(C2C3C(=O)N(c4ccccc4)C(=O)C3ON2c2cccc(Br)c2)cc1. The van der Waals surface area contributed by atoms with Gasteiger partial charge in [-0.2, -0.15) is 0 Å². The first-order chi connectivity index (χ1) is 15.1. The van der Waals surface area contributed by atoms with Crippen molar-refractivity contribution in [1.82, 2.24) is 0 Å². The molecule has 31 heavy (non-hydrogen) atoms. The summed E-state index contributed by atoms with van der Waals surface area (Å²) in [6, 6.07) is 23.6. The van der Waals surface area contributed by atoms with E-state index in [0.717, 1.165) is 15.7 Å². The molecule has 0 aliphatic carbocycles. The Hall–Kier alpha value is -3.16. The molecule has 3 aromatic rings. The molecular formula is C24H19BrN2O4. The van der Waals surface area contributed by atoms with Crippen LogP contribution in [0, 0.1) is 5.92 Å². The molecule has 0 N–H and O–H groups in total. The second kappa shape index (κ2) is 7.83. The van der Waals surface area contributed by atoms with E-state index in [2.05, 4.69) is 15.9 Å². The van der Waals surface area contributed by atoms with E-state index in [4.69, 9.17) is 9.57 Å². The Labute approximate surface area is 188 Å². The Morgan fingerprint density at radius 2 is 1.58 bits per heavy atom. The number of rotatable bonds is 4. The lowest BCUT2D eigenvalue weighted by atomic mass is 9.90. The highest BCUT2D eigenvalue weighted by Gasteiger charge is 2.60. The number of imide groups is 1. The molecule has 0 spiro atoms. The van der Waals surface area contributed by atoms with Crippen LogP contribution in [0.25, 0.3) is 0 Å². The van der Waals surface area contributed by atoms with E-state index in [1.54, 1.807) is 36.4 Å². The van der Waals surface area contributed by atoms with E-state index < -0.39 is 18.1 Å². The maximum Gasteiger partial charge on any atom is 0.266 e. The minimum atomic E-state index is -0.890. The average Bonchev–Trinajstić information content (AvgIpc) is 3.30. The molecule has 2 aliphatic rings. The average molecular weight is 479 g/mol. The highest BCUT2D eigenvalue weighted by molar-refractivity contribution is 9.10. The van der Waals surface area contributed by atoms with Crippen molar-refractivity contribution < 1.29 is 19.2 Å². The number of carbonyl (C=O) groups is 2. The van der Waals surface area contributed by atoms with Crippen LogP contribution in [0.15, 0.2) is 83.3 Å². The van der Waals surface area contributed by atoms with Gasteiger partial charge in [0.15, 0.2) is 6.10 Å². The van der Waals surface area contributed by atoms with Crippen molar-refractivity contribution >= 4 is 39.1 Å². The van der Waals surface area contributed by atoms with Gasteiger partial charge in [-0.3, -0.25) is 14.4 Å². The van der Waals surface area contributed by atoms with Crippen LogP contribution in [-0.2, 0) is 14.4 Å². The molecule has 2 heterocycles. The van der Waals surface area contributed by atoms with Gasteiger partial charge in [-0.1, -0.05) is 52.3 Å². The first kappa shape index (κ1) is 19.8. The van der Waals surface area contributed by atoms with Crippen molar-refractivity contribution in [2.75, 3.05) is 17.1 Å². The lowest BCUT2D eigenvalue weighted by Crippen LogP contribution is -2.37. The van der Waals surface area contributed by atoms with Gasteiger partial charge in [0.25, 0.3) is 5.91 Å². The van der Waals surface area contributed by atoms with Crippen molar-refractivity contribution in [2.24, 2.45) is 5.92 Å². The van der Waals surface area contributed by atoms with Crippen molar-refractivity contribution in [3.05, 3.63) is 88.9 Å². The molecule has 5 rings (SSSR count). The van der Waals surface area contributed by atoms with E-state index in [0.29, 0.717) is 11.4 Å². The summed E-state index contributed by atoms with van der Waals surface area (Å²) in [6.45, 7) is 0. The van der Waals surface area contributed by atoms with Crippen LogP contribution in [0.3, 0.4) is 0 Å². The number of nitrogens with zero attached hydrogens (tertiary/aromatic N) is 2. The molecule has 2 saturated heterocycles. The van der Waals surface area contributed by atoms with Gasteiger partial charge < -0.3 is 4.74 Å². The van der Waals surface area contributed by atoms with Gasteiger partial charge in [-0.15, -0.1) is 0 Å². The number of hydrogen-bond acceptors (Lipinski definition) is 5. The van der Waals surface area contributed by atoms with Gasteiger partial charge >= 0.3 is 0 Å². The quantitative estimate of drug-likeness (QED) is 0.516. The molecule has 7 heteroatoms. The summed E-state index contributed by atoms with van der Waals surface area (Å²) >= 11 is 3.49. The van der Waals surface area contributed by atoms with Gasteiger partial charge in [0.1, 0.15) is 11.7 Å². The predicted molar refractivity (Wildman–Crippen MR) is 120 cm³/mol. The summed E-state index contributed by atoms with van der Waals surface area (Å²) in [7, 11) is 1.61. The van der Waals surface area contributed by atoms with Crippen LogP contribution in [0.4, 0.5) is 11.4 Å². The van der Waals surface area contributed by atoms with Crippen molar-refractivity contribution in [3.63, 3.8) is 0 Å². The third kappa shape index (κ3) is 3.30. The number of amides is 2. The highest BCUT2D eigenvalue weighted by atomic mass is 79.9. The predicted octanol–water partition coefficient (Wildman–Crippen LogP) is 4.51. The molecule has 6 nitrogen and oxygen atoms in total. The Balaban J connectivity index is 1.59. The fourth-order valence-corrected chi connectivity index (χ4v) is 4.61. The normalized spacial score (nSPS) is 22.7. The maximum absolute atomic E-state index is 13.5. The number of benzene rings is 3.